The summed E-state index contributed by atoms with van der Waals surface area (Å²) in [5.41, 5.74) is 1.39. The molecule has 0 bridgehead atoms. The van der Waals surface area contributed by atoms with E-state index in [1.807, 2.05) is 58.9 Å². The van der Waals surface area contributed by atoms with Gasteiger partial charge in [0.05, 0.1) is 0 Å². The summed E-state index contributed by atoms with van der Waals surface area (Å²) < 4.78 is 9.68. The number of aryl methyl sites for hydroxylation is 2. The quantitative estimate of drug-likeness (QED) is 0.549. The van der Waals surface area contributed by atoms with Gasteiger partial charge in [0.2, 0.25) is 0 Å². The number of hydrogen-bond donors (Lipinski definition) is 1. The van der Waals surface area contributed by atoms with E-state index in [2.05, 4.69) is 14.9 Å². The van der Waals surface area contributed by atoms with E-state index in [4.69, 9.17) is 4.42 Å². The average Bonchev–Trinajstić information content (AvgIpc) is 3.43. The first-order valence-corrected chi connectivity index (χ1v) is 11.2. The van der Waals surface area contributed by atoms with Crippen molar-refractivity contribution in [1.82, 2.24) is 14.9 Å². The highest BCUT2D eigenvalue weighted by Gasteiger charge is 2.38. The lowest BCUT2D eigenvalue weighted by Gasteiger charge is -2.33. The van der Waals surface area contributed by atoms with E-state index >= 15 is 0 Å². The molecule has 7 nitrogen and oxygen atoms in total. The lowest BCUT2D eigenvalue weighted by molar-refractivity contribution is -0.124. The summed E-state index contributed by atoms with van der Waals surface area (Å²) in [5, 5.41) is 8.60. The van der Waals surface area contributed by atoms with Crippen molar-refractivity contribution in [1.29, 1.82) is 0 Å². The van der Waals surface area contributed by atoms with Gasteiger partial charge >= 0.3 is 0 Å². The molecule has 3 aromatic rings. The van der Waals surface area contributed by atoms with Crippen molar-refractivity contribution >= 4 is 29.0 Å². The van der Waals surface area contributed by atoms with E-state index in [-0.39, 0.29) is 11.6 Å². The Morgan fingerprint density at radius 3 is 2.58 bits per heavy atom. The third kappa shape index (κ3) is 5.19. The molecule has 8 heteroatoms. The summed E-state index contributed by atoms with van der Waals surface area (Å²) >= 11 is 1.09. The van der Waals surface area contributed by atoms with Gasteiger partial charge in [-0.25, -0.2) is 0 Å². The lowest BCUT2D eigenvalue weighted by atomic mass is 10.00. The molecule has 31 heavy (non-hydrogen) atoms. The number of anilines is 1. The highest BCUT2D eigenvalue weighted by Crippen LogP contribution is 2.32. The standard InChI is InChI=1S/C23H28N4O3S/c1-6-16-9-8-10-17(13-16)27(22(29)18-14-31-26-25-18)20(19-12-11-15(3)30-19)21(28)24-23(4,5)7-2/h8-14,20H,6-7H2,1-5H3,(H,24,28). The summed E-state index contributed by atoms with van der Waals surface area (Å²) in [6.45, 7) is 9.75. The molecule has 2 aromatic heterocycles. The van der Waals surface area contributed by atoms with Gasteiger partial charge in [-0.15, -0.1) is 5.10 Å². The largest absolute Gasteiger partial charge is 0.464 e. The number of carbonyl (C=O) groups is 2. The van der Waals surface area contributed by atoms with Gasteiger partial charge in [-0.2, -0.15) is 0 Å². The van der Waals surface area contributed by atoms with Crippen molar-refractivity contribution in [3.63, 3.8) is 0 Å². The zero-order valence-corrected chi connectivity index (χ0v) is 19.3. The Morgan fingerprint density at radius 1 is 1.23 bits per heavy atom. The topological polar surface area (TPSA) is 88.3 Å². The molecule has 1 aromatic carbocycles. The molecule has 1 atom stereocenters. The Morgan fingerprint density at radius 2 is 2.00 bits per heavy atom. The molecule has 164 valence electrons. The Bertz CT molecular complexity index is 1040. The molecule has 3 rings (SSSR count). The molecule has 2 heterocycles. The minimum absolute atomic E-state index is 0.183. The predicted octanol–water partition coefficient (Wildman–Crippen LogP) is 4.69. The summed E-state index contributed by atoms with van der Waals surface area (Å²) in [6, 6.07) is 10.1. The van der Waals surface area contributed by atoms with Crippen LogP contribution >= 0.6 is 11.5 Å². The summed E-state index contributed by atoms with van der Waals surface area (Å²) in [4.78, 5) is 28.6. The maximum atomic E-state index is 13.6. The van der Waals surface area contributed by atoms with E-state index in [9.17, 15) is 9.59 Å². The fraction of sp³-hybridized carbons (Fsp3) is 0.391. The second-order valence-corrected chi connectivity index (χ2v) is 8.68. The van der Waals surface area contributed by atoms with Crippen LogP contribution < -0.4 is 10.2 Å². The Labute approximate surface area is 186 Å². The van der Waals surface area contributed by atoms with E-state index in [0.717, 1.165) is 29.9 Å². The highest BCUT2D eigenvalue weighted by atomic mass is 32.1. The van der Waals surface area contributed by atoms with Crippen molar-refractivity contribution in [2.45, 2.75) is 59.0 Å². The molecule has 1 N–H and O–H groups in total. The monoisotopic (exact) mass is 440 g/mol. The van der Waals surface area contributed by atoms with Crippen molar-refractivity contribution < 1.29 is 14.0 Å². The third-order valence-corrected chi connectivity index (χ3v) is 5.78. The van der Waals surface area contributed by atoms with E-state index in [1.54, 1.807) is 17.5 Å². The third-order valence-electron chi connectivity index (χ3n) is 5.28. The molecule has 0 radical (unpaired) electrons. The number of hydrogen-bond acceptors (Lipinski definition) is 6. The van der Waals surface area contributed by atoms with Crippen molar-refractivity contribution in [2.75, 3.05) is 4.90 Å². The smallest absolute Gasteiger partial charge is 0.280 e. The van der Waals surface area contributed by atoms with Crippen LogP contribution in [0.3, 0.4) is 0 Å². The van der Waals surface area contributed by atoms with Gasteiger partial charge in [0.1, 0.15) is 11.5 Å². The maximum Gasteiger partial charge on any atom is 0.280 e. The SMILES string of the molecule is CCc1cccc(N(C(=O)c2csnn2)C(C(=O)NC(C)(C)CC)c2ccc(C)o2)c1. The van der Waals surface area contributed by atoms with Gasteiger partial charge in [-0.1, -0.05) is 30.5 Å². The molecule has 0 fully saturated rings. The number of nitrogens with one attached hydrogen (secondary N) is 1. The minimum Gasteiger partial charge on any atom is -0.464 e. The maximum absolute atomic E-state index is 13.6. The van der Waals surface area contributed by atoms with Crippen LogP contribution in [0.1, 0.15) is 67.7 Å². The van der Waals surface area contributed by atoms with Crippen molar-refractivity contribution in [3.05, 3.63) is 64.6 Å². The second kappa shape index (κ2) is 9.43. The van der Waals surface area contributed by atoms with E-state index < -0.39 is 17.5 Å². The van der Waals surface area contributed by atoms with Gasteiger partial charge in [0.25, 0.3) is 11.8 Å². The van der Waals surface area contributed by atoms with Gasteiger partial charge in [-0.05, 0) is 75.0 Å². The molecule has 2 amide bonds. The minimum atomic E-state index is -0.999. The number of furan rings is 1. The van der Waals surface area contributed by atoms with Crippen LogP contribution in [-0.4, -0.2) is 26.9 Å². The number of aromatic nitrogens is 2. The molecule has 0 aliphatic carbocycles. The fourth-order valence-corrected chi connectivity index (χ4v) is 3.59. The van der Waals surface area contributed by atoms with Crippen LogP contribution in [0.25, 0.3) is 0 Å². The van der Waals surface area contributed by atoms with Gasteiger partial charge in [0.15, 0.2) is 11.7 Å². The van der Waals surface area contributed by atoms with Crippen molar-refractivity contribution in [2.24, 2.45) is 0 Å². The zero-order valence-electron chi connectivity index (χ0n) is 18.5. The molecular formula is C23H28N4O3S. The lowest BCUT2D eigenvalue weighted by Crippen LogP contribution is -2.50. The van der Waals surface area contributed by atoms with E-state index in [0.29, 0.717) is 17.2 Å². The van der Waals surface area contributed by atoms with Gasteiger partial charge in [0, 0.05) is 16.6 Å². The Kier molecular flexibility index (Phi) is 6.90. The van der Waals surface area contributed by atoms with Crippen LogP contribution in [-0.2, 0) is 11.2 Å². The van der Waals surface area contributed by atoms with Crippen molar-refractivity contribution in [3.8, 4) is 0 Å². The molecule has 0 aliphatic rings. The highest BCUT2D eigenvalue weighted by molar-refractivity contribution is 7.03. The first kappa shape index (κ1) is 22.7. The van der Waals surface area contributed by atoms with E-state index in [1.165, 1.54) is 4.90 Å². The Balaban J connectivity index is 2.16. The first-order chi connectivity index (χ1) is 14.8. The van der Waals surface area contributed by atoms with Crippen LogP contribution in [0.5, 0.6) is 0 Å². The van der Waals surface area contributed by atoms with Crippen LogP contribution in [0, 0.1) is 6.92 Å². The molecule has 0 spiro atoms. The summed E-state index contributed by atoms with van der Waals surface area (Å²) in [7, 11) is 0. The first-order valence-electron chi connectivity index (χ1n) is 10.3. The van der Waals surface area contributed by atoms with Gasteiger partial charge < -0.3 is 9.73 Å². The molecular weight excluding hydrogens is 412 g/mol. The number of carbonyl (C=O) groups excluding carboxylic acids is 2. The molecule has 1 unspecified atom stereocenters. The molecule has 0 saturated heterocycles. The van der Waals surface area contributed by atoms with Crippen LogP contribution in [0.4, 0.5) is 5.69 Å². The number of benzene rings is 1. The van der Waals surface area contributed by atoms with Crippen LogP contribution in [0.15, 0.2) is 46.2 Å². The number of nitrogens with zero attached hydrogens (tertiary/aromatic N) is 3. The second-order valence-electron chi connectivity index (χ2n) is 8.07. The summed E-state index contributed by atoms with van der Waals surface area (Å²) in [5.74, 6) is 0.318. The van der Waals surface area contributed by atoms with Gasteiger partial charge in [-0.3, -0.25) is 14.5 Å². The normalized spacial score (nSPS) is 12.4. The molecule has 0 saturated carbocycles. The Hall–Kier alpha value is -3.00. The number of rotatable bonds is 8. The number of amides is 2. The zero-order chi connectivity index (χ0) is 22.6. The van der Waals surface area contributed by atoms with Crippen LogP contribution in [0.2, 0.25) is 0 Å². The summed E-state index contributed by atoms with van der Waals surface area (Å²) in [6.07, 6.45) is 1.53. The fourth-order valence-electron chi connectivity index (χ4n) is 3.16. The molecule has 0 aliphatic heterocycles. The average molecular weight is 441 g/mol. The predicted molar refractivity (Wildman–Crippen MR) is 121 cm³/mol.